The predicted octanol–water partition coefficient (Wildman–Crippen LogP) is 4.53. The Morgan fingerprint density at radius 2 is 2.06 bits per heavy atom. The highest BCUT2D eigenvalue weighted by Gasteiger charge is 2.21. The molecule has 4 N–H and O–H groups in total. The number of nitrogens with two attached hydrogens (primary N) is 1. The number of hydrogen-bond acceptors (Lipinski definition) is 6. The Kier molecular flexibility index (Phi) is 4.98. The molecule has 0 bridgehead atoms. The maximum Gasteiger partial charge on any atom is 0.184 e. The zero-order chi connectivity index (χ0) is 22.9. The lowest BCUT2D eigenvalue weighted by Crippen LogP contribution is -1.97. The Morgan fingerprint density at radius 1 is 1.18 bits per heavy atom. The van der Waals surface area contributed by atoms with Crippen molar-refractivity contribution in [3.8, 4) is 22.8 Å². The summed E-state index contributed by atoms with van der Waals surface area (Å²) >= 11 is 0. The van der Waals surface area contributed by atoms with Gasteiger partial charge < -0.3 is 10.7 Å². The molecule has 5 rings (SSSR count). The lowest BCUT2D eigenvalue weighted by atomic mass is 10.0. The topological polar surface area (TPSA) is 122 Å². The van der Waals surface area contributed by atoms with Crippen LogP contribution in [0.1, 0.15) is 12.5 Å². The molecule has 5 aromatic heterocycles. The van der Waals surface area contributed by atoms with E-state index in [1.807, 2.05) is 18.2 Å². The van der Waals surface area contributed by atoms with Gasteiger partial charge in [-0.3, -0.25) is 15.1 Å². The molecule has 5 heterocycles. The molecule has 0 amide bonds. The monoisotopic (exact) mass is 438 g/mol. The fourth-order valence-electron chi connectivity index (χ4n) is 3.65. The maximum atomic E-state index is 15.7. The lowest BCUT2D eigenvalue weighted by Gasteiger charge is -2.06. The summed E-state index contributed by atoms with van der Waals surface area (Å²) in [6, 6.07) is 5.55. The van der Waals surface area contributed by atoms with Crippen molar-refractivity contribution in [1.82, 2.24) is 35.1 Å². The van der Waals surface area contributed by atoms with Gasteiger partial charge in [-0.2, -0.15) is 5.10 Å². The van der Waals surface area contributed by atoms with E-state index in [4.69, 9.17) is 10.7 Å². The van der Waals surface area contributed by atoms with Crippen molar-refractivity contribution in [2.24, 2.45) is 5.73 Å². The number of aromatic amines is 2. The molecule has 0 saturated carbocycles. The third-order valence-electron chi connectivity index (χ3n) is 5.27. The average Bonchev–Trinajstić information content (AvgIpc) is 3.48. The summed E-state index contributed by atoms with van der Waals surface area (Å²) in [4.78, 5) is 20.9. The normalized spacial score (nSPS) is 12.5. The van der Waals surface area contributed by atoms with E-state index in [1.54, 1.807) is 37.7 Å². The second-order valence-corrected chi connectivity index (χ2v) is 7.26. The number of pyridine rings is 3. The fourth-order valence-corrected chi connectivity index (χ4v) is 3.65. The smallest absolute Gasteiger partial charge is 0.184 e. The lowest BCUT2D eigenvalue weighted by molar-refractivity contribution is 0.635. The van der Waals surface area contributed by atoms with Crippen LogP contribution in [0.15, 0.2) is 73.5 Å². The van der Waals surface area contributed by atoms with E-state index < -0.39 is 5.82 Å². The molecule has 0 aliphatic heterocycles. The van der Waals surface area contributed by atoms with Gasteiger partial charge in [0.05, 0.1) is 16.6 Å². The fraction of sp³-hybridized carbons (Fsp3) is 0.0417. The highest BCUT2D eigenvalue weighted by atomic mass is 19.1. The number of H-pyrrole nitrogens is 2. The second-order valence-electron chi connectivity index (χ2n) is 7.26. The molecule has 0 spiro atoms. The van der Waals surface area contributed by atoms with E-state index in [2.05, 4.69) is 36.7 Å². The van der Waals surface area contributed by atoms with E-state index in [0.717, 1.165) is 11.1 Å². The van der Waals surface area contributed by atoms with Crippen LogP contribution < -0.4 is 5.73 Å². The number of hydrogen-bond donors (Lipinski definition) is 3. The largest absolute Gasteiger partial charge is 0.399 e. The Hall–Kier alpha value is -4.66. The van der Waals surface area contributed by atoms with Crippen LogP contribution >= 0.6 is 0 Å². The minimum atomic E-state index is -0.476. The van der Waals surface area contributed by atoms with Crippen LogP contribution in [0, 0.1) is 5.82 Å². The van der Waals surface area contributed by atoms with Gasteiger partial charge in [0.15, 0.2) is 11.5 Å². The van der Waals surface area contributed by atoms with Crippen molar-refractivity contribution in [1.29, 1.82) is 0 Å². The molecule has 8 nitrogen and oxygen atoms in total. The summed E-state index contributed by atoms with van der Waals surface area (Å²) < 4.78 is 15.7. The molecule has 0 aromatic carbocycles. The Labute approximate surface area is 187 Å². The van der Waals surface area contributed by atoms with Gasteiger partial charge in [0, 0.05) is 41.6 Å². The number of nitrogens with zero attached hydrogens (tertiary/aromatic N) is 5. The molecule has 0 aliphatic carbocycles. The second kappa shape index (κ2) is 8.12. The molecule has 162 valence electrons. The minimum absolute atomic E-state index is 0.229. The minimum Gasteiger partial charge on any atom is -0.399 e. The van der Waals surface area contributed by atoms with E-state index in [9.17, 15) is 0 Å². The molecule has 0 aliphatic rings. The SMILES string of the molecule is C=C/C(N)=C\C(=C/C)c1cnc2n[nH]c(-c3nc4c(-c5cccnc5)nccc4[nH]3)c2c1F. The van der Waals surface area contributed by atoms with E-state index in [1.165, 1.54) is 12.3 Å². The van der Waals surface area contributed by atoms with Crippen LogP contribution in [0.2, 0.25) is 0 Å². The summed E-state index contributed by atoms with van der Waals surface area (Å²) in [5, 5.41) is 7.27. The van der Waals surface area contributed by atoms with Crippen LogP contribution in [-0.2, 0) is 0 Å². The van der Waals surface area contributed by atoms with Crippen LogP contribution in [0.3, 0.4) is 0 Å². The van der Waals surface area contributed by atoms with Crippen molar-refractivity contribution in [2.75, 3.05) is 0 Å². The summed E-state index contributed by atoms with van der Waals surface area (Å²) in [5.74, 6) is -0.0531. The van der Waals surface area contributed by atoms with Gasteiger partial charge in [-0.1, -0.05) is 12.7 Å². The molecular weight excluding hydrogens is 419 g/mol. The molecule has 0 atom stereocenters. The third-order valence-corrected chi connectivity index (χ3v) is 5.27. The first kappa shape index (κ1) is 20.3. The quantitative estimate of drug-likeness (QED) is 0.347. The maximum absolute atomic E-state index is 15.7. The van der Waals surface area contributed by atoms with Gasteiger partial charge in [0.1, 0.15) is 17.0 Å². The number of halogens is 1. The van der Waals surface area contributed by atoms with E-state index in [-0.39, 0.29) is 11.0 Å². The average molecular weight is 438 g/mol. The van der Waals surface area contributed by atoms with Crippen molar-refractivity contribution >= 4 is 27.6 Å². The molecule has 0 radical (unpaired) electrons. The number of imidazole rings is 1. The van der Waals surface area contributed by atoms with Gasteiger partial charge in [-0.15, -0.1) is 0 Å². The number of fused-ring (bicyclic) bond motifs is 2. The highest BCUT2D eigenvalue weighted by molar-refractivity contribution is 5.96. The summed E-state index contributed by atoms with van der Waals surface area (Å²) in [7, 11) is 0. The van der Waals surface area contributed by atoms with Crippen LogP contribution in [-0.4, -0.2) is 35.1 Å². The Balaban J connectivity index is 1.69. The first-order valence-corrected chi connectivity index (χ1v) is 10.1. The van der Waals surface area contributed by atoms with Gasteiger partial charge in [-0.25, -0.2) is 14.4 Å². The van der Waals surface area contributed by atoms with Crippen molar-refractivity contribution < 1.29 is 4.39 Å². The number of aromatic nitrogens is 7. The van der Waals surface area contributed by atoms with Crippen LogP contribution in [0.25, 0.3) is 50.4 Å². The zero-order valence-electron chi connectivity index (χ0n) is 17.7. The first-order valence-electron chi connectivity index (χ1n) is 10.1. The first-order chi connectivity index (χ1) is 16.1. The number of nitrogens with one attached hydrogen (secondary N) is 2. The molecule has 33 heavy (non-hydrogen) atoms. The van der Waals surface area contributed by atoms with E-state index in [0.29, 0.717) is 39.6 Å². The standard InChI is InChI=1S/C24H19FN8/c1-3-13(10-15(26)4-2)16-12-29-23-18(19(16)25)22(32-33-23)24-30-17-7-9-28-20(21(17)31-24)14-6-5-8-27-11-14/h3-12H,2,26H2,1H3,(H,30,31)(H,29,32,33)/b13-3+,15-10+. The Morgan fingerprint density at radius 3 is 2.82 bits per heavy atom. The summed E-state index contributed by atoms with van der Waals surface area (Å²) in [6.07, 6.45) is 11.4. The van der Waals surface area contributed by atoms with Crippen LogP contribution in [0.5, 0.6) is 0 Å². The number of rotatable bonds is 5. The van der Waals surface area contributed by atoms with Crippen molar-refractivity contribution in [3.05, 3.63) is 84.9 Å². The van der Waals surface area contributed by atoms with E-state index >= 15 is 4.39 Å². The van der Waals surface area contributed by atoms with Gasteiger partial charge in [0.25, 0.3) is 0 Å². The van der Waals surface area contributed by atoms with Gasteiger partial charge in [-0.05, 0) is 42.8 Å². The highest BCUT2D eigenvalue weighted by Crippen LogP contribution is 2.33. The van der Waals surface area contributed by atoms with Gasteiger partial charge >= 0.3 is 0 Å². The zero-order valence-corrected chi connectivity index (χ0v) is 17.7. The van der Waals surface area contributed by atoms with Crippen LogP contribution in [0.4, 0.5) is 4.39 Å². The van der Waals surface area contributed by atoms with Gasteiger partial charge in [0.2, 0.25) is 0 Å². The summed E-state index contributed by atoms with van der Waals surface area (Å²) in [6.45, 7) is 5.44. The van der Waals surface area contributed by atoms with Crippen molar-refractivity contribution in [3.63, 3.8) is 0 Å². The third kappa shape index (κ3) is 3.45. The molecule has 0 unspecified atom stereocenters. The Bertz CT molecular complexity index is 1560. The summed E-state index contributed by atoms with van der Waals surface area (Å²) in [5.41, 5.74) is 10.7. The predicted molar refractivity (Wildman–Crippen MR) is 126 cm³/mol. The molecule has 9 heteroatoms. The van der Waals surface area contributed by atoms with Crippen molar-refractivity contribution in [2.45, 2.75) is 6.92 Å². The molecule has 0 saturated heterocycles. The molecular formula is C24H19FN8. The molecule has 0 fully saturated rings. The number of allylic oxidation sites excluding steroid dienone is 4. The molecule has 5 aromatic rings.